The molecule has 2 rings (SSSR count). The van der Waals surface area contributed by atoms with Crippen LogP contribution in [0.5, 0.6) is 0 Å². The zero-order valence-electron chi connectivity index (χ0n) is 8.49. The first-order chi connectivity index (χ1) is 7.20. The van der Waals surface area contributed by atoms with E-state index < -0.39 is 0 Å². The van der Waals surface area contributed by atoms with Crippen LogP contribution in [-0.2, 0) is 5.88 Å². The summed E-state index contributed by atoms with van der Waals surface area (Å²) in [5.74, 6) is 1.11. The van der Waals surface area contributed by atoms with E-state index in [9.17, 15) is 0 Å². The predicted octanol–water partition coefficient (Wildman–Crippen LogP) is 2.49. The van der Waals surface area contributed by atoms with Gasteiger partial charge in [0.1, 0.15) is 11.6 Å². The first-order valence-electron chi connectivity index (χ1n) is 4.54. The molecule has 78 valence electrons. The van der Waals surface area contributed by atoms with Crippen LogP contribution in [0, 0.1) is 13.8 Å². The zero-order valence-corrected chi connectivity index (χ0v) is 9.25. The summed E-state index contributed by atoms with van der Waals surface area (Å²) in [4.78, 5) is 8.46. The van der Waals surface area contributed by atoms with Crippen LogP contribution in [0.2, 0.25) is 0 Å². The molecule has 0 N–H and O–H groups in total. The fourth-order valence-corrected chi connectivity index (χ4v) is 1.28. The van der Waals surface area contributed by atoms with Crippen LogP contribution in [0.25, 0.3) is 11.5 Å². The van der Waals surface area contributed by atoms with E-state index in [4.69, 9.17) is 16.1 Å². The molecule has 0 bridgehead atoms. The van der Waals surface area contributed by atoms with Crippen molar-refractivity contribution in [2.24, 2.45) is 0 Å². The summed E-state index contributed by atoms with van der Waals surface area (Å²) in [6, 6.07) is 3.85. The van der Waals surface area contributed by atoms with Crippen molar-refractivity contribution in [2.75, 3.05) is 0 Å². The van der Waals surface area contributed by atoms with Gasteiger partial charge in [-0.25, -0.2) is 4.98 Å². The molecule has 2 aromatic heterocycles. The van der Waals surface area contributed by atoms with Crippen molar-refractivity contribution in [1.82, 2.24) is 15.1 Å². The maximum Gasteiger partial charge on any atom is 0.241 e. The van der Waals surface area contributed by atoms with Gasteiger partial charge in [0.25, 0.3) is 0 Å². The van der Waals surface area contributed by atoms with Gasteiger partial charge in [-0.05, 0) is 25.5 Å². The molecule has 4 nitrogen and oxygen atoms in total. The lowest BCUT2D eigenvalue weighted by Crippen LogP contribution is -1.91. The molecule has 2 heterocycles. The molecule has 15 heavy (non-hydrogen) atoms. The van der Waals surface area contributed by atoms with Crippen LogP contribution < -0.4 is 0 Å². The minimum Gasteiger partial charge on any atom is -0.338 e. The summed E-state index contributed by atoms with van der Waals surface area (Å²) in [6.07, 6.45) is 0. The molecule has 2 aromatic rings. The maximum absolute atomic E-state index is 5.57. The Hall–Kier alpha value is -1.42. The fraction of sp³-hybridized carbons (Fsp3) is 0.300. The van der Waals surface area contributed by atoms with E-state index in [0.29, 0.717) is 17.4 Å². The third kappa shape index (κ3) is 1.99. The van der Waals surface area contributed by atoms with Crippen LogP contribution in [0.1, 0.15) is 17.1 Å². The molecule has 0 saturated heterocycles. The van der Waals surface area contributed by atoms with E-state index in [-0.39, 0.29) is 5.88 Å². The molecule has 5 heteroatoms. The Kier molecular flexibility index (Phi) is 2.68. The number of halogens is 1. The van der Waals surface area contributed by atoms with Crippen LogP contribution in [0.3, 0.4) is 0 Å². The molecule has 0 aliphatic rings. The summed E-state index contributed by atoms with van der Waals surface area (Å²) in [7, 11) is 0. The summed E-state index contributed by atoms with van der Waals surface area (Å²) in [5.41, 5.74) is 2.81. The molecule has 0 unspecified atom stereocenters. The topological polar surface area (TPSA) is 51.8 Å². The van der Waals surface area contributed by atoms with Crippen molar-refractivity contribution >= 4 is 11.6 Å². The molecule has 0 aliphatic carbocycles. The molecular formula is C10H10ClN3O. The Balaban J connectivity index is 2.40. The molecule has 0 amide bonds. The average molecular weight is 224 g/mol. The Morgan fingerprint density at radius 1 is 1.27 bits per heavy atom. The molecule has 0 saturated carbocycles. The average Bonchev–Trinajstić information content (AvgIpc) is 2.70. The Morgan fingerprint density at radius 3 is 2.67 bits per heavy atom. The summed E-state index contributed by atoms with van der Waals surface area (Å²) < 4.78 is 4.91. The van der Waals surface area contributed by atoms with Gasteiger partial charge in [0.05, 0.1) is 0 Å². The van der Waals surface area contributed by atoms with Crippen LogP contribution in [0.4, 0.5) is 0 Å². The van der Waals surface area contributed by atoms with E-state index in [1.54, 1.807) is 0 Å². The molecule has 0 spiro atoms. The number of nitrogens with zero attached hydrogens (tertiary/aromatic N) is 3. The molecule has 0 atom stereocenters. The Labute approximate surface area is 92.3 Å². The van der Waals surface area contributed by atoms with Gasteiger partial charge in [-0.15, -0.1) is 11.6 Å². The molecule has 0 aromatic carbocycles. The molecule has 0 aliphatic heterocycles. The largest absolute Gasteiger partial charge is 0.338 e. The van der Waals surface area contributed by atoms with Gasteiger partial charge >= 0.3 is 0 Å². The number of hydrogen-bond donors (Lipinski definition) is 0. The minimum atomic E-state index is 0.220. The van der Waals surface area contributed by atoms with Gasteiger partial charge in [0.15, 0.2) is 0 Å². The first-order valence-corrected chi connectivity index (χ1v) is 5.07. The predicted molar refractivity (Wildman–Crippen MR) is 56.6 cm³/mol. The van der Waals surface area contributed by atoms with Crippen molar-refractivity contribution in [3.8, 4) is 11.5 Å². The SMILES string of the molecule is Cc1ccc(-c2noc(CCl)n2)nc1C. The van der Waals surface area contributed by atoms with Crippen molar-refractivity contribution in [3.63, 3.8) is 0 Å². The zero-order chi connectivity index (χ0) is 10.8. The molecule has 0 fully saturated rings. The number of rotatable bonds is 2. The van der Waals surface area contributed by atoms with E-state index >= 15 is 0 Å². The van der Waals surface area contributed by atoms with Crippen LogP contribution in [0.15, 0.2) is 16.7 Å². The standard InChI is InChI=1S/C10H10ClN3O/c1-6-3-4-8(12-7(6)2)10-13-9(5-11)15-14-10/h3-4H,5H2,1-2H3. The van der Waals surface area contributed by atoms with E-state index in [1.165, 1.54) is 0 Å². The van der Waals surface area contributed by atoms with Gasteiger partial charge in [0.2, 0.25) is 11.7 Å². The monoisotopic (exact) mass is 223 g/mol. The summed E-state index contributed by atoms with van der Waals surface area (Å²) >= 11 is 5.57. The fourth-order valence-electron chi connectivity index (χ4n) is 1.17. The summed E-state index contributed by atoms with van der Waals surface area (Å²) in [6.45, 7) is 3.95. The van der Waals surface area contributed by atoms with Crippen molar-refractivity contribution in [2.45, 2.75) is 19.7 Å². The van der Waals surface area contributed by atoms with Gasteiger partial charge in [0, 0.05) is 5.69 Å². The van der Waals surface area contributed by atoms with E-state index in [0.717, 1.165) is 11.3 Å². The Morgan fingerprint density at radius 2 is 2.07 bits per heavy atom. The summed E-state index contributed by atoms with van der Waals surface area (Å²) in [5, 5.41) is 3.79. The van der Waals surface area contributed by atoms with Crippen molar-refractivity contribution in [1.29, 1.82) is 0 Å². The molecule has 0 radical (unpaired) electrons. The highest BCUT2D eigenvalue weighted by atomic mass is 35.5. The number of alkyl halides is 1. The van der Waals surface area contributed by atoms with Crippen molar-refractivity contribution in [3.05, 3.63) is 29.3 Å². The van der Waals surface area contributed by atoms with Gasteiger partial charge in [-0.1, -0.05) is 11.2 Å². The maximum atomic E-state index is 5.57. The van der Waals surface area contributed by atoms with Gasteiger partial charge in [-0.2, -0.15) is 4.98 Å². The number of pyridine rings is 1. The van der Waals surface area contributed by atoms with Crippen molar-refractivity contribution < 1.29 is 4.52 Å². The quantitative estimate of drug-likeness (QED) is 0.734. The lowest BCUT2D eigenvalue weighted by atomic mass is 10.2. The van der Waals surface area contributed by atoms with Crippen LogP contribution >= 0.6 is 11.6 Å². The number of hydrogen-bond acceptors (Lipinski definition) is 4. The van der Waals surface area contributed by atoms with Crippen LogP contribution in [-0.4, -0.2) is 15.1 Å². The smallest absolute Gasteiger partial charge is 0.241 e. The molecular weight excluding hydrogens is 214 g/mol. The number of aromatic nitrogens is 3. The number of aryl methyl sites for hydroxylation is 2. The third-order valence-corrected chi connectivity index (χ3v) is 2.39. The van der Waals surface area contributed by atoms with Gasteiger partial charge < -0.3 is 4.52 Å². The lowest BCUT2D eigenvalue weighted by molar-refractivity contribution is 0.391. The second-order valence-corrected chi connectivity index (χ2v) is 3.51. The Bertz CT molecular complexity index is 481. The van der Waals surface area contributed by atoms with Gasteiger partial charge in [-0.3, -0.25) is 0 Å². The van der Waals surface area contributed by atoms with E-state index in [2.05, 4.69) is 15.1 Å². The highest BCUT2D eigenvalue weighted by molar-refractivity contribution is 6.16. The minimum absolute atomic E-state index is 0.220. The second kappa shape index (κ2) is 3.98. The van der Waals surface area contributed by atoms with E-state index in [1.807, 2.05) is 26.0 Å². The lowest BCUT2D eigenvalue weighted by Gasteiger charge is -1.99. The highest BCUT2D eigenvalue weighted by Crippen LogP contribution is 2.15. The highest BCUT2D eigenvalue weighted by Gasteiger charge is 2.09. The normalized spacial score (nSPS) is 10.6. The second-order valence-electron chi connectivity index (χ2n) is 3.24. The third-order valence-electron chi connectivity index (χ3n) is 2.16. The first kappa shape index (κ1) is 10.1.